The molecule has 5 nitrogen and oxygen atoms in total. The highest BCUT2D eigenvalue weighted by molar-refractivity contribution is 5.80. The van der Waals surface area contributed by atoms with Gasteiger partial charge in [0.25, 0.3) is 5.91 Å². The van der Waals surface area contributed by atoms with Gasteiger partial charge in [-0.05, 0) is 17.7 Å². The Morgan fingerprint density at radius 3 is 3.10 bits per heavy atom. The maximum Gasteiger partial charge on any atom is 0.251 e. The maximum absolute atomic E-state index is 11.9. The molecule has 1 atom stereocenters. The lowest BCUT2D eigenvalue weighted by Gasteiger charge is -2.22. The summed E-state index contributed by atoms with van der Waals surface area (Å²) in [5.41, 5.74) is 1.75. The van der Waals surface area contributed by atoms with Crippen LogP contribution in [0.25, 0.3) is 0 Å². The molecule has 0 aromatic heterocycles. The maximum atomic E-state index is 11.9. The average molecular weight is 275 g/mol. The molecular weight excluding hydrogens is 258 g/mol. The quantitative estimate of drug-likeness (QED) is 0.766. The van der Waals surface area contributed by atoms with Crippen molar-refractivity contribution in [1.29, 1.82) is 0 Å². The van der Waals surface area contributed by atoms with Gasteiger partial charge >= 0.3 is 0 Å². The number of nitrogens with one attached hydrogen (secondary N) is 1. The van der Waals surface area contributed by atoms with Gasteiger partial charge in [-0.15, -0.1) is 0 Å². The SMILES string of the molecule is O=C(NCc1cccc(C#CCO)c1)C1COCCO1. The van der Waals surface area contributed by atoms with Crippen molar-refractivity contribution in [1.82, 2.24) is 5.32 Å². The van der Waals surface area contributed by atoms with E-state index in [9.17, 15) is 4.79 Å². The Morgan fingerprint density at radius 2 is 2.35 bits per heavy atom. The van der Waals surface area contributed by atoms with Crippen molar-refractivity contribution >= 4 is 5.91 Å². The van der Waals surface area contributed by atoms with E-state index >= 15 is 0 Å². The van der Waals surface area contributed by atoms with E-state index in [0.717, 1.165) is 11.1 Å². The van der Waals surface area contributed by atoms with Crippen molar-refractivity contribution in [2.24, 2.45) is 0 Å². The third-order valence-corrected chi connectivity index (χ3v) is 2.81. The van der Waals surface area contributed by atoms with Crippen LogP contribution in [0.3, 0.4) is 0 Å². The topological polar surface area (TPSA) is 67.8 Å². The molecule has 1 aliphatic heterocycles. The summed E-state index contributed by atoms with van der Waals surface area (Å²) < 4.78 is 10.5. The lowest BCUT2D eigenvalue weighted by atomic mass is 10.1. The first-order valence-electron chi connectivity index (χ1n) is 6.45. The molecule has 0 bridgehead atoms. The van der Waals surface area contributed by atoms with Gasteiger partial charge in [-0.3, -0.25) is 4.79 Å². The third-order valence-electron chi connectivity index (χ3n) is 2.81. The van der Waals surface area contributed by atoms with E-state index in [1.165, 1.54) is 0 Å². The molecule has 1 unspecified atom stereocenters. The molecule has 1 amide bonds. The van der Waals surface area contributed by atoms with Crippen LogP contribution in [-0.2, 0) is 20.8 Å². The number of benzene rings is 1. The van der Waals surface area contributed by atoms with Gasteiger partial charge in [0.15, 0.2) is 6.10 Å². The normalized spacial score (nSPS) is 17.9. The van der Waals surface area contributed by atoms with Crippen molar-refractivity contribution in [3.05, 3.63) is 35.4 Å². The predicted molar refractivity (Wildman–Crippen MR) is 72.8 cm³/mol. The molecule has 1 heterocycles. The average Bonchev–Trinajstić information content (AvgIpc) is 2.52. The number of amides is 1. The van der Waals surface area contributed by atoms with Crippen molar-refractivity contribution in [2.45, 2.75) is 12.6 Å². The lowest BCUT2D eigenvalue weighted by Crippen LogP contribution is -2.42. The molecule has 1 aromatic rings. The number of hydrogen-bond donors (Lipinski definition) is 2. The highest BCUT2D eigenvalue weighted by Crippen LogP contribution is 2.05. The Balaban J connectivity index is 1.88. The second-order valence-electron chi connectivity index (χ2n) is 4.31. The first kappa shape index (κ1) is 14.5. The van der Waals surface area contributed by atoms with Gasteiger partial charge in [-0.1, -0.05) is 24.0 Å². The second kappa shape index (κ2) is 7.65. The van der Waals surface area contributed by atoms with Gasteiger partial charge in [0.1, 0.15) is 6.61 Å². The van der Waals surface area contributed by atoms with Crippen molar-refractivity contribution in [3.63, 3.8) is 0 Å². The lowest BCUT2D eigenvalue weighted by molar-refractivity contribution is -0.147. The molecule has 1 aliphatic rings. The van der Waals surface area contributed by atoms with Gasteiger partial charge in [0.05, 0.1) is 19.8 Å². The third kappa shape index (κ3) is 4.35. The Bertz CT molecular complexity index is 512. The van der Waals surface area contributed by atoms with Crippen molar-refractivity contribution in [2.75, 3.05) is 26.4 Å². The Hall–Kier alpha value is -1.87. The van der Waals surface area contributed by atoms with Gasteiger partial charge in [-0.25, -0.2) is 0 Å². The van der Waals surface area contributed by atoms with E-state index in [1.807, 2.05) is 24.3 Å². The Kier molecular flexibility index (Phi) is 5.56. The number of aliphatic hydroxyl groups excluding tert-OH is 1. The van der Waals surface area contributed by atoms with E-state index in [2.05, 4.69) is 17.2 Å². The molecule has 106 valence electrons. The van der Waals surface area contributed by atoms with E-state index in [1.54, 1.807) is 0 Å². The number of carbonyl (C=O) groups excluding carboxylic acids is 1. The second-order valence-corrected chi connectivity index (χ2v) is 4.31. The Labute approximate surface area is 117 Å². The smallest absolute Gasteiger partial charge is 0.251 e. The molecule has 0 spiro atoms. The van der Waals surface area contributed by atoms with E-state index in [-0.39, 0.29) is 12.5 Å². The van der Waals surface area contributed by atoms with E-state index < -0.39 is 6.10 Å². The first-order valence-corrected chi connectivity index (χ1v) is 6.45. The molecule has 20 heavy (non-hydrogen) atoms. The van der Waals surface area contributed by atoms with Crippen molar-refractivity contribution in [3.8, 4) is 11.8 Å². The Morgan fingerprint density at radius 1 is 1.45 bits per heavy atom. The van der Waals surface area contributed by atoms with Crippen LogP contribution in [0, 0.1) is 11.8 Å². The summed E-state index contributed by atoms with van der Waals surface area (Å²) in [6, 6.07) is 7.50. The molecule has 0 radical (unpaired) electrons. The molecule has 2 N–H and O–H groups in total. The summed E-state index contributed by atoms with van der Waals surface area (Å²) in [5, 5.41) is 11.5. The fraction of sp³-hybridized carbons (Fsp3) is 0.400. The number of carbonyl (C=O) groups is 1. The summed E-state index contributed by atoms with van der Waals surface area (Å²) in [4.78, 5) is 11.9. The highest BCUT2D eigenvalue weighted by atomic mass is 16.6. The van der Waals surface area contributed by atoms with Crippen molar-refractivity contribution < 1.29 is 19.4 Å². The molecule has 0 aliphatic carbocycles. The van der Waals surface area contributed by atoms with Gasteiger partial charge < -0.3 is 19.9 Å². The summed E-state index contributed by atoms with van der Waals surface area (Å²) in [7, 11) is 0. The number of ether oxygens (including phenoxy) is 2. The highest BCUT2D eigenvalue weighted by Gasteiger charge is 2.21. The van der Waals surface area contributed by atoms with Crippen LogP contribution in [0.15, 0.2) is 24.3 Å². The van der Waals surface area contributed by atoms with Crippen LogP contribution < -0.4 is 5.32 Å². The van der Waals surface area contributed by atoms with Crippen LogP contribution in [0.4, 0.5) is 0 Å². The van der Waals surface area contributed by atoms with Crippen LogP contribution in [0.1, 0.15) is 11.1 Å². The minimum absolute atomic E-state index is 0.167. The summed E-state index contributed by atoms with van der Waals surface area (Å²) in [6.07, 6.45) is -0.527. The molecular formula is C15H17NO4. The zero-order chi connectivity index (χ0) is 14.2. The zero-order valence-corrected chi connectivity index (χ0v) is 11.1. The zero-order valence-electron chi connectivity index (χ0n) is 11.1. The fourth-order valence-corrected chi connectivity index (χ4v) is 1.84. The number of hydrogen-bond acceptors (Lipinski definition) is 4. The molecule has 0 saturated carbocycles. The van der Waals surface area contributed by atoms with Gasteiger partial charge in [-0.2, -0.15) is 0 Å². The molecule has 2 rings (SSSR count). The first-order chi connectivity index (χ1) is 9.79. The predicted octanol–water partition coefficient (Wildman–Crippen LogP) is 0.0620. The number of aliphatic hydroxyl groups is 1. The summed E-state index contributed by atoms with van der Waals surface area (Å²) in [6.45, 7) is 1.53. The number of rotatable bonds is 3. The van der Waals surface area contributed by atoms with E-state index in [4.69, 9.17) is 14.6 Å². The minimum atomic E-state index is -0.527. The fourth-order valence-electron chi connectivity index (χ4n) is 1.84. The molecule has 1 aromatic carbocycles. The van der Waals surface area contributed by atoms with E-state index in [0.29, 0.717) is 26.4 Å². The van der Waals surface area contributed by atoms with Crippen LogP contribution in [0.2, 0.25) is 0 Å². The summed E-state index contributed by atoms with van der Waals surface area (Å²) >= 11 is 0. The van der Waals surface area contributed by atoms with Gasteiger partial charge in [0.2, 0.25) is 0 Å². The molecule has 1 saturated heterocycles. The van der Waals surface area contributed by atoms with Gasteiger partial charge in [0, 0.05) is 12.1 Å². The molecule has 1 fully saturated rings. The minimum Gasteiger partial charge on any atom is -0.384 e. The van der Waals surface area contributed by atoms with Crippen LogP contribution in [-0.4, -0.2) is 43.5 Å². The standard InChI is InChI=1S/C15H17NO4/c17-6-2-5-12-3-1-4-13(9-12)10-16-15(18)14-11-19-7-8-20-14/h1,3-4,9,14,17H,6-8,10-11H2,(H,16,18). The van der Waals surface area contributed by atoms with Crippen LogP contribution >= 0.6 is 0 Å². The monoisotopic (exact) mass is 275 g/mol. The molecule has 5 heteroatoms. The largest absolute Gasteiger partial charge is 0.384 e. The van der Waals surface area contributed by atoms with Crippen LogP contribution in [0.5, 0.6) is 0 Å². The summed E-state index contributed by atoms with van der Waals surface area (Å²) in [5.74, 6) is 5.25.